The van der Waals surface area contributed by atoms with Crippen LogP contribution >= 0.6 is 0 Å². The van der Waals surface area contributed by atoms with E-state index in [1.54, 1.807) is 0 Å². The van der Waals surface area contributed by atoms with E-state index < -0.39 is 0 Å². The molecule has 0 aliphatic carbocycles. The van der Waals surface area contributed by atoms with Crippen molar-refractivity contribution in [3.05, 3.63) is 130 Å². The Kier molecular flexibility index (Phi) is 5.96. The summed E-state index contributed by atoms with van der Waals surface area (Å²) >= 11 is 0. The molecule has 162 valence electrons. The van der Waals surface area contributed by atoms with Crippen molar-refractivity contribution in [1.82, 2.24) is 0 Å². The Labute approximate surface area is 198 Å². The lowest BCUT2D eigenvalue weighted by atomic mass is 9.96. The summed E-state index contributed by atoms with van der Waals surface area (Å²) < 4.78 is 0. The van der Waals surface area contributed by atoms with Crippen LogP contribution < -0.4 is 0 Å². The van der Waals surface area contributed by atoms with E-state index in [2.05, 4.69) is 36.4 Å². The third-order valence-corrected chi connectivity index (χ3v) is 6.04. The lowest BCUT2D eigenvalue weighted by Gasteiger charge is -2.08. The summed E-state index contributed by atoms with van der Waals surface area (Å²) in [5.41, 5.74) is 5.12. The lowest BCUT2D eigenvalue weighted by Crippen LogP contribution is -1.87. The Morgan fingerprint density at radius 3 is 1.12 bits per heavy atom. The Morgan fingerprint density at radius 1 is 0.353 bits per heavy atom. The number of rotatable bonds is 6. The van der Waals surface area contributed by atoms with Crippen LogP contribution in [-0.2, 0) is 0 Å². The van der Waals surface area contributed by atoms with Crippen LogP contribution in [0.1, 0.15) is 43.0 Å². The van der Waals surface area contributed by atoms with Crippen molar-refractivity contribution in [2.75, 3.05) is 0 Å². The molecular weight excluding hydrogens is 416 g/mol. The molecule has 0 spiro atoms. The summed E-state index contributed by atoms with van der Waals surface area (Å²) in [5.74, 6) is 0. The van der Waals surface area contributed by atoms with Gasteiger partial charge in [-0.05, 0) is 68.1 Å². The highest BCUT2D eigenvalue weighted by Gasteiger charge is 2.05. The van der Waals surface area contributed by atoms with Crippen LogP contribution in [0.25, 0.3) is 45.8 Å². The topological polar surface area (TPSA) is 34.1 Å². The summed E-state index contributed by atoms with van der Waals surface area (Å²) in [6, 6.07) is 32.2. The van der Waals surface area contributed by atoms with E-state index in [0.717, 1.165) is 45.6 Å². The van der Waals surface area contributed by atoms with Crippen molar-refractivity contribution in [3.63, 3.8) is 0 Å². The predicted octanol–water partition coefficient (Wildman–Crippen LogP) is 7.96. The van der Waals surface area contributed by atoms with Gasteiger partial charge in [0.05, 0.1) is 0 Å². The molecule has 0 aromatic heterocycles. The molecule has 0 N–H and O–H groups in total. The van der Waals surface area contributed by atoms with Gasteiger partial charge < -0.3 is 0 Å². The fourth-order valence-corrected chi connectivity index (χ4v) is 4.22. The van der Waals surface area contributed by atoms with Gasteiger partial charge in [-0.3, -0.25) is 9.59 Å². The molecule has 5 aromatic carbocycles. The maximum atomic E-state index is 11.5. The zero-order valence-electron chi connectivity index (χ0n) is 18.5. The van der Waals surface area contributed by atoms with Crippen molar-refractivity contribution >= 4 is 58.4 Å². The van der Waals surface area contributed by atoms with E-state index in [1.165, 1.54) is 10.8 Å². The molecule has 0 saturated carbocycles. The average Bonchev–Trinajstić information content (AvgIpc) is 2.89. The number of benzene rings is 5. The number of hydrogen-bond donors (Lipinski definition) is 0. The van der Waals surface area contributed by atoms with Gasteiger partial charge in [0.2, 0.25) is 0 Å². The molecule has 5 rings (SSSR count). The molecule has 0 fully saturated rings. The van der Waals surface area contributed by atoms with Gasteiger partial charge in [0.1, 0.15) is 0 Å². The maximum absolute atomic E-state index is 11.5. The van der Waals surface area contributed by atoms with E-state index >= 15 is 0 Å². The van der Waals surface area contributed by atoms with E-state index in [-0.39, 0.29) is 0 Å². The first kappa shape index (κ1) is 21.3. The van der Waals surface area contributed by atoms with Crippen LogP contribution in [0.5, 0.6) is 0 Å². The van der Waals surface area contributed by atoms with Crippen LogP contribution in [0.4, 0.5) is 0 Å². The van der Waals surface area contributed by atoms with Crippen molar-refractivity contribution in [2.45, 2.75) is 0 Å². The Morgan fingerprint density at radius 2 is 0.706 bits per heavy atom. The summed E-state index contributed by atoms with van der Waals surface area (Å²) in [4.78, 5) is 22.9. The molecule has 0 bridgehead atoms. The number of hydrogen-bond acceptors (Lipinski definition) is 2. The zero-order valence-corrected chi connectivity index (χ0v) is 18.5. The maximum Gasteiger partial charge on any atom is 0.150 e. The molecule has 5 aromatic rings. The van der Waals surface area contributed by atoms with Gasteiger partial charge >= 0.3 is 0 Å². The van der Waals surface area contributed by atoms with Gasteiger partial charge in [-0.25, -0.2) is 0 Å². The van der Waals surface area contributed by atoms with Crippen molar-refractivity contribution < 1.29 is 9.59 Å². The van der Waals surface area contributed by atoms with Crippen LogP contribution in [0.2, 0.25) is 0 Å². The molecule has 0 aliphatic heterocycles. The molecule has 2 nitrogen and oxygen atoms in total. The lowest BCUT2D eigenvalue weighted by molar-refractivity contribution is 0.111. The smallest absolute Gasteiger partial charge is 0.150 e. The molecule has 2 heteroatoms. The highest BCUT2D eigenvalue weighted by Crippen LogP contribution is 2.28. The van der Waals surface area contributed by atoms with E-state index in [0.29, 0.717) is 11.1 Å². The van der Waals surface area contributed by atoms with Crippen LogP contribution in [0.3, 0.4) is 0 Å². The normalized spacial score (nSPS) is 11.5. The van der Waals surface area contributed by atoms with Gasteiger partial charge in [-0.1, -0.05) is 97.1 Å². The van der Waals surface area contributed by atoms with Crippen molar-refractivity contribution in [1.29, 1.82) is 0 Å². The van der Waals surface area contributed by atoms with Gasteiger partial charge in [-0.2, -0.15) is 0 Å². The predicted molar refractivity (Wildman–Crippen MR) is 143 cm³/mol. The Bertz CT molecular complexity index is 1470. The van der Waals surface area contributed by atoms with Crippen LogP contribution in [-0.4, -0.2) is 12.6 Å². The van der Waals surface area contributed by atoms with Gasteiger partial charge in [0.15, 0.2) is 12.6 Å². The van der Waals surface area contributed by atoms with Gasteiger partial charge in [0.25, 0.3) is 0 Å². The fraction of sp³-hybridized carbons (Fsp3) is 0. The highest BCUT2D eigenvalue weighted by molar-refractivity contribution is 6.01. The molecular formula is C32H22O2. The standard InChI is InChI=1S/C32H22O2/c33-21-29-11-5-1-7-23(29)13-15-27-19-31-17-25-9-3-4-10-26(25)18-32(31)20-28(27)16-14-24-8-2-6-12-30(24)22-34/h1-22H. The summed E-state index contributed by atoms with van der Waals surface area (Å²) in [6.07, 6.45) is 9.79. The molecule has 0 aliphatic rings. The van der Waals surface area contributed by atoms with Crippen LogP contribution in [0.15, 0.2) is 97.1 Å². The first-order chi connectivity index (χ1) is 16.7. The quantitative estimate of drug-likeness (QED) is 0.153. The van der Waals surface area contributed by atoms with Gasteiger partial charge in [0, 0.05) is 11.1 Å². The molecule has 0 atom stereocenters. The number of carbonyl (C=O) groups excluding carboxylic acids is 2. The van der Waals surface area contributed by atoms with Crippen LogP contribution in [0, 0.1) is 0 Å². The summed E-state index contributed by atoms with van der Waals surface area (Å²) in [5, 5.41) is 4.68. The van der Waals surface area contributed by atoms with E-state index in [9.17, 15) is 9.59 Å². The first-order valence-corrected chi connectivity index (χ1v) is 11.2. The Hall–Kier alpha value is -4.56. The second kappa shape index (κ2) is 9.51. The SMILES string of the molecule is O=Cc1ccccc1C=Cc1cc2cc3ccccc3cc2cc1C=Cc1ccccc1C=O. The Balaban J connectivity index is 1.66. The van der Waals surface area contributed by atoms with E-state index in [4.69, 9.17) is 0 Å². The molecule has 0 saturated heterocycles. The molecule has 34 heavy (non-hydrogen) atoms. The molecule has 0 heterocycles. The first-order valence-electron chi connectivity index (χ1n) is 11.2. The minimum Gasteiger partial charge on any atom is -0.298 e. The van der Waals surface area contributed by atoms with Gasteiger partial charge in [-0.15, -0.1) is 0 Å². The highest BCUT2D eigenvalue weighted by atomic mass is 16.1. The molecule has 0 amide bonds. The number of fused-ring (bicyclic) bond motifs is 2. The molecule has 0 radical (unpaired) electrons. The second-order valence-electron chi connectivity index (χ2n) is 8.19. The second-order valence-corrected chi connectivity index (χ2v) is 8.19. The number of aldehydes is 2. The monoisotopic (exact) mass is 438 g/mol. The third-order valence-electron chi connectivity index (χ3n) is 6.04. The van der Waals surface area contributed by atoms with Crippen molar-refractivity contribution in [2.24, 2.45) is 0 Å². The average molecular weight is 439 g/mol. The van der Waals surface area contributed by atoms with E-state index in [1.807, 2.05) is 85.0 Å². The zero-order chi connectivity index (χ0) is 23.3. The minimum absolute atomic E-state index is 0.655. The van der Waals surface area contributed by atoms with Crippen molar-refractivity contribution in [3.8, 4) is 0 Å². The minimum atomic E-state index is 0.655. The fourth-order valence-electron chi connectivity index (χ4n) is 4.22. The largest absolute Gasteiger partial charge is 0.298 e. The summed E-state index contributed by atoms with van der Waals surface area (Å²) in [6.45, 7) is 0. The molecule has 0 unspecified atom stereocenters. The number of carbonyl (C=O) groups is 2. The third kappa shape index (κ3) is 4.35. The summed E-state index contributed by atoms with van der Waals surface area (Å²) in [7, 11) is 0.